The molecule has 0 fully saturated rings. The van der Waals surface area contributed by atoms with Gasteiger partial charge in [-0.1, -0.05) is 24.3 Å². The standard InChI is InChI=1S/C18H21N5O4/c1-21-15(19)14(17(26)22(2)18(21)27)13(24)9-23-8-11-6-4-3-5-10(11)7-12(23)16(20)25/h3-6,12H,7-9,19H2,1-2H3,(H2,20,25). The fourth-order valence-electron chi connectivity index (χ4n) is 3.41. The highest BCUT2D eigenvalue weighted by Gasteiger charge is 2.32. The number of benzene rings is 1. The molecule has 9 nitrogen and oxygen atoms in total. The number of aromatic nitrogens is 2. The Morgan fingerprint density at radius 1 is 1.11 bits per heavy atom. The highest BCUT2D eigenvalue weighted by Crippen LogP contribution is 2.23. The van der Waals surface area contributed by atoms with Crippen LogP contribution in [0.1, 0.15) is 21.5 Å². The molecular formula is C18H21N5O4. The van der Waals surface area contributed by atoms with Gasteiger partial charge in [0, 0.05) is 20.6 Å². The third kappa shape index (κ3) is 3.17. The summed E-state index contributed by atoms with van der Waals surface area (Å²) in [5.74, 6) is -1.30. The first-order valence-corrected chi connectivity index (χ1v) is 8.41. The van der Waals surface area contributed by atoms with E-state index < -0.39 is 29.0 Å². The molecule has 4 N–H and O–H groups in total. The summed E-state index contributed by atoms with van der Waals surface area (Å²) in [4.78, 5) is 50.7. The molecule has 142 valence electrons. The first-order chi connectivity index (χ1) is 12.7. The van der Waals surface area contributed by atoms with Crippen LogP contribution < -0.4 is 22.7 Å². The SMILES string of the molecule is Cn1c(N)c(C(=O)CN2Cc3ccccc3CC2C(N)=O)c(=O)n(C)c1=O. The molecule has 0 saturated carbocycles. The molecule has 1 atom stereocenters. The molecule has 0 aliphatic carbocycles. The van der Waals surface area contributed by atoms with Gasteiger partial charge in [-0.2, -0.15) is 0 Å². The average molecular weight is 371 g/mol. The van der Waals surface area contributed by atoms with Crippen molar-refractivity contribution < 1.29 is 9.59 Å². The average Bonchev–Trinajstić information content (AvgIpc) is 2.64. The summed E-state index contributed by atoms with van der Waals surface area (Å²) in [6.45, 7) is 0.140. The third-order valence-corrected chi connectivity index (χ3v) is 5.01. The molecule has 1 aromatic carbocycles. The summed E-state index contributed by atoms with van der Waals surface area (Å²) in [5.41, 5.74) is 11.7. The van der Waals surface area contributed by atoms with Gasteiger partial charge in [-0.15, -0.1) is 0 Å². The van der Waals surface area contributed by atoms with Crippen molar-refractivity contribution in [2.45, 2.75) is 19.0 Å². The maximum Gasteiger partial charge on any atom is 0.332 e. The lowest BCUT2D eigenvalue weighted by atomic mass is 9.93. The zero-order valence-electron chi connectivity index (χ0n) is 15.1. The quantitative estimate of drug-likeness (QED) is 0.646. The summed E-state index contributed by atoms with van der Waals surface area (Å²) in [6, 6.07) is 6.94. The number of carbonyl (C=O) groups is 2. The Morgan fingerprint density at radius 2 is 1.74 bits per heavy atom. The van der Waals surface area contributed by atoms with Gasteiger partial charge >= 0.3 is 5.69 Å². The maximum atomic E-state index is 12.8. The van der Waals surface area contributed by atoms with E-state index in [1.165, 1.54) is 14.1 Å². The van der Waals surface area contributed by atoms with Crippen LogP contribution in [-0.4, -0.2) is 38.3 Å². The molecule has 1 aromatic heterocycles. The van der Waals surface area contributed by atoms with Crippen LogP contribution in [0.25, 0.3) is 0 Å². The van der Waals surface area contributed by atoms with Gasteiger partial charge in [-0.3, -0.25) is 28.4 Å². The van der Waals surface area contributed by atoms with Gasteiger partial charge in [0.1, 0.15) is 11.4 Å². The van der Waals surface area contributed by atoms with Crippen molar-refractivity contribution in [1.29, 1.82) is 0 Å². The predicted molar refractivity (Wildman–Crippen MR) is 99.2 cm³/mol. The van der Waals surface area contributed by atoms with Crippen LogP contribution in [0, 0.1) is 0 Å². The molecule has 0 radical (unpaired) electrons. The molecule has 1 aliphatic heterocycles. The Labute approximate surface area is 154 Å². The maximum absolute atomic E-state index is 12.8. The number of hydrogen-bond donors (Lipinski definition) is 2. The van der Waals surface area contributed by atoms with Crippen LogP contribution >= 0.6 is 0 Å². The van der Waals surface area contributed by atoms with E-state index in [0.29, 0.717) is 13.0 Å². The highest BCUT2D eigenvalue weighted by molar-refractivity contribution is 6.01. The van der Waals surface area contributed by atoms with E-state index in [4.69, 9.17) is 11.5 Å². The van der Waals surface area contributed by atoms with Gasteiger partial charge in [-0.25, -0.2) is 4.79 Å². The Balaban J connectivity index is 1.97. The van der Waals surface area contributed by atoms with Crippen LogP contribution in [0.5, 0.6) is 0 Å². The number of hydrogen-bond acceptors (Lipinski definition) is 6. The van der Waals surface area contributed by atoms with Crippen LogP contribution in [0.3, 0.4) is 0 Å². The Morgan fingerprint density at radius 3 is 2.37 bits per heavy atom. The highest BCUT2D eigenvalue weighted by atomic mass is 16.2. The Hall–Kier alpha value is -3.20. The lowest BCUT2D eigenvalue weighted by Crippen LogP contribution is -2.51. The molecule has 0 saturated heterocycles. The van der Waals surface area contributed by atoms with Gasteiger partial charge in [0.2, 0.25) is 5.91 Å². The van der Waals surface area contributed by atoms with Crippen LogP contribution in [0.2, 0.25) is 0 Å². The van der Waals surface area contributed by atoms with E-state index in [2.05, 4.69) is 0 Å². The number of nitrogens with two attached hydrogens (primary N) is 2. The third-order valence-electron chi connectivity index (χ3n) is 5.01. The zero-order chi connectivity index (χ0) is 19.9. The zero-order valence-corrected chi connectivity index (χ0v) is 15.1. The minimum Gasteiger partial charge on any atom is -0.384 e. The number of carbonyl (C=O) groups excluding carboxylic acids is 2. The normalized spacial score (nSPS) is 16.7. The monoisotopic (exact) mass is 371 g/mol. The first-order valence-electron chi connectivity index (χ1n) is 8.41. The van der Waals surface area contributed by atoms with Crippen LogP contribution in [-0.2, 0) is 31.9 Å². The van der Waals surface area contributed by atoms with Gasteiger partial charge < -0.3 is 11.5 Å². The molecule has 3 rings (SSSR count). The van der Waals surface area contributed by atoms with Crippen molar-refractivity contribution in [3.05, 3.63) is 61.8 Å². The summed E-state index contributed by atoms with van der Waals surface area (Å²) in [7, 11) is 2.67. The molecule has 9 heteroatoms. The van der Waals surface area contributed by atoms with Crippen LogP contribution in [0.15, 0.2) is 33.9 Å². The molecule has 1 aliphatic rings. The number of nitrogens with zero attached hydrogens (tertiary/aromatic N) is 3. The van der Waals surface area contributed by atoms with Crippen LogP contribution in [0.4, 0.5) is 5.82 Å². The topological polar surface area (TPSA) is 133 Å². The number of anilines is 1. The molecule has 27 heavy (non-hydrogen) atoms. The van der Waals surface area contributed by atoms with Gasteiger partial charge in [0.15, 0.2) is 5.78 Å². The van der Waals surface area contributed by atoms with Gasteiger partial charge in [0.05, 0.1) is 12.6 Å². The number of rotatable bonds is 4. The van der Waals surface area contributed by atoms with Crippen molar-refractivity contribution in [3.8, 4) is 0 Å². The summed E-state index contributed by atoms with van der Waals surface area (Å²) in [6.07, 6.45) is 0.388. The van der Waals surface area contributed by atoms with Crippen molar-refractivity contribution in [2.75, 3.05) is 12.3 Å². The summed E-state index contributed by atoms with van der Waals surface area (Å²) >= 11 is 0. The lowest BCUT2D eigenvalue weighted by Gasteiger charge is -2.34. The van der Waals surface area contributed by atoms with E-state index in [9.17, 15) is 19.2 Å². The van der Waals surface area contributed by atoms with Crippen molar-refractivity contribution in [1.82, 2.24) is 14.0 Å². The van der Waals surface area contributed by atoms with E-state index >= 15 is 0 Å². The Kier molecular flexibility index (Phi) is 4.71. The molecular weight excluding hydrogens is 350 g/mol. The predicted octanol–water partition coefficient (Wildman–Crippen LogP) is -1.24. The second kappa shape index (κ2) is 6.84. The van der Waals surface area contributed by atoms with Crippen molar-refractivity contribution in [2.24, 2.45) is 19.8 Å². The number of Topliss-reactive ketones (excluding diaryl/α,β-unsaturated/α-hetero) is 1. The smallest absolute Gasteiger partial charge is 0.332 e. The lowest BCUT2D eigenvalue weighted by molar-refractivity contribution is -0.123. The number of amides is 1. The first kappa shape index (κ1) is 18.6. The Bertz CT molecular complexity index is 1050. The fraction of sp³-hybridized carbons (Fsp3) is 0.333. The molecule has 1 unspecified atom stereocenters. The fourth-order valence-corrected chi connectivity index (χ4v) is 3.41. The van der Waals surface area contributed by atoms with Gasteiger partial charge in [-0.05, 0) is 17.5 Å². The number of primary amides is 1. The number of ketones is 1. The summed E-state index contributed by atoms with van der Waals surface area (Å²) in [5, 5.41) is 0. The second-order valence-electron chi connectivity index (χ2n) is 6.69. The number of nitrogen functional groups attached to an aromatic ring is 1. The molecule has 2 heterocycles. The van der Waals surface area contributed by atoms with Crippen molar-refractivity contribution in [3.63, 3.8) is 0 Å². The van der Waals surface area contributed by atoms with E-state index in [1.807, 2.05) is 24.3 Å². The molecule has 0 bridgehead atoms. The summed E-state index contributed by atoms with van der Waals surface area (Å²) < 4.78 is 1.88. The number of fused-ring (bicyclic) bond motifs is 1. The van der Waals surface area contributed by atoms with E-state index in [0.717, 1.165) is 20.3 Å². The molecule has 1 amide bonds. The van der Waals surface area contributed by atoms with Crippen molar-refractivity contribution >= 4 is 17.5 Å². The minimum atomic E-state index is -0.756. The largest absolute Gasteiger partial charge is 0.384 e. The minimum absolute atomic E-state index is 0.193. The van der Waals surface area contributed by atoms with E-state index in [-0.39, 0.29) is 17.9 Å². The molecule has 0 spiro atoms. The van der Waals surface area contributed by atoms with Gasteiger partial charge in [0.25, 0.3) is 5.56 Å². The second-order valence-corrected chi connectivity index (χ2v) is 6.69. The van der Waals surface area contributed by atoms with E-state index in [1.54, 1.807) is 4.90 Å². The molecule has 2 aromatic rings.